The van der Waals surface area contributed by atoms with Gasteiger partial charge in [-0.05, 0) is 37.0 Å². The lowest BCUT2D eigenvalue weighted by atomic mass is 9.97. The van der Waals surface area contributed by atoms with Crippen molar-refractivity contribution in [2.24, 2.45) is 0 Å². The van der Waals surface area contributed by atoms with Crippen molar-refractivity contribution in [3.8, 4) is 0 Å². The van der Waals surface area contributed by atoms with Gasteiger partial charge in [-0.15, -0.1) is 0 Å². The van der Waals surface area contributed by atoms with Crippen molar-refractivity contribution in [1.82, 2.24) is 0 Å². The molecule has 2 rings (SSSR count). The van der Waals surface area contributed by atoms with Gasteiger partial charge in [-0.2, -0.15) is 0 Å². The third-order valence-corrected chi connectivity index (χ3v) is 2.93. The summed E-state index contributed by atoms with van der Waals surface area (Å²) in [6, 6.07) is 4.00. The van der Waals surface area contributed by atoms with E-state index in [0.29, 0.717) is 5.58 Å². The number of hydrogen-bond donors (Lipinski definition) is 1. The predicted molar refractivity (Wildman–Crippen MR) is 66.7 cm³/mol. The summed E-state index contributed by atoms with van der Waals surface area (Å²) >= 11 is 0. The minimum Gasteiger partial charge on any atom is -0.475 e. The van der Waals surface area contributed by atoms with Crippen molar-refractivity contribution in [3.05, 3.63) is 34.6 Å². The van der Waals surface area contributed by atoms with E-state index in [9.17, 15) is 9.90 Å². The third kappa shape index (κ3) is 1.82. The first-order valence-electron chi connectivity index (χ1n) is 5.68. The SMILES string of the molecule is Cc1cc(C)c2oc(C(=O)O)c(C(C)C)c2c1. The molecule has 3 heteroatoms. The molecule has 0 saturated heterocycles. The molecule has 90 valence electrons. The van der Waals surface area contributed by atoms with Crippen LogP contribution in [0.2, 0.25) is 0 Å². The highest BCUT2D eigenvalue weighted by Crippen LogP contribution is 2.34. The van der Waals surface area contributed by atoms with Crippen LogP contribution < -0.4 is 0 Å². The first kappa shape index (κ1) is 11.7. The maximum Gasteiger partial charge on any atom is 0.372 e. The molecule has 2 aromatic rings. The molecule has 0 fully saturated rings. The van der Waals surface area contributed by atoms with E-state index in [1.807, 2.05) is 39.8 Å². The van der Waals surface area contributed by atoms with Crippen molar-refractivity contribution in [2.75, 3.05) is 0 Å². The summed E-state index contributed by atoms with van der Waals surface area (Å²) in [5.41, 5.74) is 3.58. The number of carboxylic acids is 1. The molecule has 0 spiro atoms. The molecule has 3 nitrogen and oxygen atoms in total. The van der Waals surface area contributed by atoms with Gasteiger partial charge in [0.25, 0.3) is 0 Å². The Morgan fingerprint density at radius 3 is 2.47 bits per heavy atom. The van der Waals surface area contributed by atoms with Crippen LogP contribution in [0.25, 0.3) is 11.0 Å². The Kier molecular flexibility index (Phi) is 2.69. The highest BCUT2D eigenvalue weighted by molar-refractivity contribution is 5.96. The molecule has 0 bridgehead atoms. The van der Waals surface area contributed by atoms with Gasteiger partial charge < -0.3 is 9.52 Å². The molecule has 17 heavy (non-hydrogen) atoms. The van der Waals surface area contributed by atoms with E-state index >= 15 is 0 Å². The van der Waals surface area contributed by atoms with Gasteiger partial charge in [0.15, 0.2) is 0 Å². The lowest BCUT2D eigenvalue weighted by Crippen LogP contribution is -2.00. The summed E-state index contributed by atoms with van der Waals surface area (Å²) in [5.74, 6) is -0.797. The van der Waals surface area contributed by atoms with Gasteiger partial charge >= 0.3 is 5.97 Å². The number of fused-ring (bicyclic) bond motifs is 1. The van der Waals surface area contributed by atoms with E-state index in [1.165, 1.54) is 0 Å². The molecular weight excluding hydrogens is 216 g/mol. The van der Waals surface area contributed by atoms with Gasteiger partial charge in [0.2, 0.25) is 5.76 Å². The van der Waals surface area contributed by atoms with Gasteiger partial charge in [0.05, 0.1) is 0 Å². The summed E-state index contributed by atoms with van der Waals surface area (Å²) in [5, 5.41) is 10.1. The molecule has 0 aliphatic carbocycles. The maximum atomic E-state index is 11.2. The lowest BCUT2D eigenvalue weighted by Gasteiger charge is -2.04. The molecule has 0 aliphatic rings. The number of aromatic carboxylic acids is 1. The first-order chi connectivity index (χ1) is 7.91. The predicted octanol–water partition coefficient (Wildman–Crippen LogP) is 3.87. The van der Waals surface area contributed by atoms with E-state index in [1.54, 1.807) is 0 Å². The van der Waals surface area contributed by atoms with Crippen LogP contribution in [-0.4, -0.2) is 11.1 Å². The van der Waals surface area contributed by atoms with Crippen molar-refractivity contribution in [1.29, 1.82) is 0 Å². The second-order valence-corrected chi connectivity index (χ2v) is 4.76. The Morgan fingerprint density at radius 2 is 1.94 bits per heavy atom. The monoisotopic (exact) mass is 232 g/mol. The summed E-state index contributed by atoms with van der Waals surface area (Å²) in [7, 11) is 0. The Hall–Kier alpha value is -1.77. The summed E-state index contributed by atoms with van der Waals surface area (Å²) in [6.45, 7) is 7.90. The Balaban J connectivity index is 2.90. The van der Waals surface area contributed by atoms with Gasteiger partial charge in [-0.25, -0.2) is 4.79 Å². The molecule has 1 heterocycles. The number of rotatable bonds is 2. The first-order valence-corrected chi connectivity index (χ1v) is 5.68. The Labute approximate surface area is 100 Å². The normalized spacial score (nSPS) is 11.4. The van der Waals surface area contributed by atoms with Gasteiger partial charge in [0, 0.05) is 10.9 Å². The topological polar surface area (TPSA) is 50.4 Å². The fraction of sp³-hybridized carbons (Fsp3) is 0.357. The van der Waals surface area contributed by atoms with E-state index < -0.39 is 5.97 Å². The average molecular weight is 232 g/mol. The summed E-state index contributed by atoms with van der Waals surface area (Å²) in [4.78, 5) is 11.2. The molecule has 0 unspecified atom stereocenters. The third-order valence-electron chi connectivity index (χ3n) is 2.93. The van der Waals surface area contributed by atoms with Crippen LogP contribution in [0.15, 0.2) is 16.5 Å². The molecule has 1 N–H and O–H groups in total. The lowest BCUT2D eigenvalue weighted by molar-refractivity contribution is 0.0662. The zero-order chi connectivity index (χ0) is 12.7. The molecule has 0 aliphatic heterocycles. The minimum atomic E-state index is -0.998. The minimum absolute atomic E-state index is 0.0729. The van der Waals surface area contributed by atoms with E-state index in [-0.39, 0.29) is 11.7 Å². The Morgan fingerprint density at radius 1 is 1.29 bits per heavy atom. The second kappa shape index (κ2) is 3.91. The van der Waals surface area contributed by atoms with Crippen LogP contribution in [0.4, 0.5) is 0 Å². The van der Waals surface area contributed by atoms with Crippen molar-refractivity contribution in [2.45, 2.75) is 33.6 Å². The molecule has 0 radical (unpaired) electrons. The quantitative estimate of drug-likeness (QED) is 0.855. The smallest absolute Gasteiger partial charge is 0.372 e. The summed E-state index contributed by atoms with van der Waals surface area (Å²) in [6.07, 6.45) is 0. The van der Waals surface area contributed by atoms with Crippen LogP contribution in [-0.2, 0) is 0 Å². The van der Waals surface area contributed by atoms with Gasteiger partial charge in [-0.3, -0.25) is 0 Å². The van der Waals surface area contributed by atoms with Crippen LogP contribution in [0.3, 0.4) is 0 Å². The van der Waals surface area contributed by atoms with Crippen molar-refractivity contribution < 1.29 is 14.3 Å². The fourth-order valence-electron chi connectivity index (χ4n) is 2.30. The number of aryl methyl sites for hydroxylation is 2. The number of furan rings is 1. The number of carbonyl (C=O) groups is 1. The number of benzene rings is 1. The van der Waals surface area contributed by atoms with Crippen LogP contribution >= 0.6 is 0 Å². The van der Waals surface area contributed by atoms with Gasteiger partial charge in [-0.1, -0.05) is 19.9 Å². The Bertz CT molecular complexity index is 591. The van der Waals surface area contributed by atoms with Crippen LogP contribution in [0.5, 0.6) is 0 Å². The second-order valence-electron chi connectivity index (χ2n) is 4.76. The summed E-state index contributed by atoms with van der Waals surface area (Å²) < 4.78 is 5.51. The van der Waals surface area contributed by atoms with Crippen LogP contribution in [0, 0.1) is 13.8 Å². The van der Waals surface area contributed by atoms with Gasteiger partial charge in [0.1, 0.15) is 5.58 Å². The molecule has 0 amide bonds. The van der Waals surface area contributed by atoms with E-state index in [4.69, 9.17) is 4.42 Å². The van der Waals surface area contributed by atoms with Crippen molar-refractivity contribution >= 4 is 16.9 Å². The average Bonchev–Trinajstić information content (AvgIpc) is 2.56. The molecule has 0 atom stereocenters. The molecule has 1 aromatic heterocycles. The highest BCUT2D eigenvalue weighted by atomic mass is 16.4. The molecule has 0 saturated carbocycles. The molecular formula is C14H16O3. The number of hydrogen-bond acceptors (Lipinski definition) is 2. The molecule has 1 aromatic carbocycles. The standard InChI is InChI=1S/C14H16O3/c1-7(2)11-10-6-8(3)5-9(4)12(10)17-13(11)14(15)16/h5-7H,1-4H3,(H,15,16). The zero-order valence-corrected chi connectivity index (χ0v) is 10.5. The van der Waals surface area contributed by atoms with E-state index in [0.717, 1.165) is 22.1 Å². The fourth-order valence-corrected chi connectivity index (χ4v) is 2.30. The van der Waals surface area contributed by atoms with E-state index in [2.05, 4.69) is 0 Å². The number of carboxylic acid groups (broad SMARTS) is 1. The van der Waals surface area contributed by atoms with Crippen LogP contribution in [0.1, 0.15) is 47.0 Å². The highest BCUT2D eigenvalue weighted by Gasteiger charge is 2.22. The maximum absolute atomic E-state index is 11.2. The van der Waals surface area contributed by atoms with Crippen molar-refractivity contribution in [3.63, 3.8) is 0 Å². The zero-order valence-electron chi connectivity index (χ0n) is 10.5. The largest absolute Gasteiger partial charge is 0.475 e.